The second kappa shape index (κ2) is 66.4. The van der Waals surface area contributed by atoms with Gasteiger partial charge in [0.05, 0.1) is 0 Å². The Morgan fingerprint density at radius 3 is 0.859 bits per heavy atom. The summed E-state index contributed by atoms with van der Waals surface area (Å²) >= 11 is 0. The molecule has 0 N–H and O–H groups in total. The van der Waals surface area contributed by atoms with Gasteiger partial charge in [-0.25, -0.2) is 0 Å². The molecule has 0 heterocycles. The Balaban J connectivity index is 4.28. The maximum atomic E-state index is 12.9. The standard InChI is InChI=1S/C72H128O6/c1-4-7-10-13-16-19-22-25-27-29-31-33-34-35-36-37-39-40-42-44-47-50-53-56-59-62-65-71(74)77-68-69(67-76-70(73)64-61-58-55-52-49-46-24-21-18-15-12-9-6-3)78-72(75)66-63-60-57-54-51-48-45-43-41-38-32-30-28-26-23-20-17-14-11-8-5-2/h9,12,18,21,23,26,30,32,46,49,55,58,69H,4-8,10-11,13-17,19-20,22,24-25,27-29,31,33-45,47-48,50-54,56-57,59-68H2,1-3H3/b12-9-,21-18-,26-23-,32-30-,49-46-,58-55-. The van der Waals surface area contributed by atoms with Crippen LogP contribution in [0.25, 0.3) is 0 Å². The lowest BCUT2D eigenvalue weighted by molar-refractivity contribution is -0.166. The minimum Gasteiger partial charge on any atom is -0.462 e. The molecule has 6 heteroatoms. The zero-order valence-electron chi connectivity index (χ0n) is 51.9. The van der Waals surface area contributed by atoms with E-state index >= 15 is 0 Å². The predicted octanol–water partition coefficient (Wildman–Crippen LogP) is 23.3. The maximum Gasteiger partial charge on any atom is 0.306 e. The van der Waals surface area contributed by atoms with E-state index in [0.29, 0.717) is 19.3 Å². The monoisotopic (exact) mass is 1090 g/mol. The highest BCUT2D eigenvalue weighted by molar-refractivity contribution is 5.71. The van der Waals surface area contributed by atoms with Crippen molar-refractivity contribution in [2.24, 2.45) is 0 Å². The number of rotatable bonds is 62. The molecule has 0 saturated heterocycles. The fourth-order valence-corrected chi connectivity index (χ4v) is 9.90. The average Bonchev–Trinajstić information content (AvgIpc) is 3.44. The third-order valence-electron chi connectivity index (χ3n) is 15.0. The molecule has 452 valence electrons. The summed E-state index contributed by atoms with van der Waals surface area (Å²) in [6.45, 7) is 6.50. The number of unbranched alkanes of at least 4 members (excludes halogenated alkanes) is 39. The van der Waals surface area contributed by atoms with Gasteiger partial charge >= 0.3 is 17.9 Å². The van der Waals surface area contributed by atoms with Gasteiger partial charge < -0.3 is 14.2 Å². The molecule has 0 bridgehead atoms. The SMILES string of the molecule is CC/C=C\C/C=C\C/C=C\C/C=C\CCC(=O)OCC(COC(=O)CCCCCCCCCCCCCCCCCCCCCCCCCCCC)OC(=O)CCCCCCCCCCC/C=C\C/C=C\CCCCCCC. The summed E-state index contributed by atoms with van der Waals surface area (Å²) in [5.74, 6) is -0.968. The maximum absolute atomic E-state index is 12.9. The number of carbonyl (C=O) groups is 3. The summed E-state index contributed by atoms with van der Waals surface area (Å²) in [4.78, 5) is 38.3. The highest BCUT2D eigenvalue weighted by atomic mass is 16.6. The number of hydrogen-bond donors (Lipinski definition) is 0. The second-order valence-electron chi connectivity index (χ2n) is 22.7. The van der Waals surface area contributed by atoms with E-state index in [2.05, 4.69) is 87.6 Å². The molecule has 0 rings (SSSR count). The van der Waals surface area contributed by atoms with E-state index in [9.17, 15) is 14.4 Å². The molecule has 0 aliphatic rings. The van der Waals surface area contributed by atoms with Crippen LogP contribution in [-0.2, 0) is 28.6 Å². The smallest absolute Gasteiger partial charge is 0.306 e. The van der Waals surface area contributed by atoms with Gasteiger partial charge in [-0.15, -0.1) is 0 Å². The summed E-state index contributed by atoms with van der Waals surface area (Å²) < 4.78 is 16.9. The first-order chi connectivity index (χ1) is 38.5. The fourth-order valence-electron chi connectivity index (χ4n) is 9.90. The first kappa shape index (κ1) is 74.8. The quantitative estimate of drug-likeness (QED) is 0.0261. The van der Waals surface area contributed by atoms with E-state index in [0.717, 1.165) is 70.6 Å². The van der Waals surface area contributed by atoms with Gasteiger partial charge in [-0.05, 0) is 77.0 Å². The Morgan fingerprint density at radius 1 is 0.269 bits per heavy atom. The zero-order chi connectivity index (χ0) is 56.4. The molecular weight excluding hydrogens is 961 g/mol. The Hall–Kier alpha value is -3.15. The number of allylic oxidation sites excluding steroid dienone is 12. The summed E-state index contributed by atoms with van der Waals surface area (Å²) in [7, 11) is 0. The van der Waals surface area contributed by atoms with E-state index in [4.69, 9.17) is 14.2 Å². The molecule has 0 amide bonds. The average molecular weight is 1090 g/mol. The molecule has 0 aromatic carbocycles. The lowest BCUT2D eigenvalue weighted by Gasteiger charge is -2.18. The van der Waals surface area contributed by atoms with Gasteiger partial charge in [-0.3, -0.25) is 14.4 Å². The molecule has 0 saturated carbocycles. The fraction of sp³-hybridized carbons (Fsp3) is 0.792. The van der Waals surface area contributed by atoms with Crippen molar-refractivity contribution in [1.29, 1.82) is 0 Å². The van der Waals surface area contributed by atoms with E-state index in [1.807, 2.05) is 6.08 Å². The van der Waals surface area contributed by atoms with Crippen molar-refractivity contribution in [3.8, 4) is 0 Å². The molecule has 0 aliphatic carbocycles. The van der Waals surface area contributed by atoms with Crippen molar-refractivity contribution >= 4 is 17.9 Å². The van der Waals surface area contributed by atoms with Gasteiger partial charge in [0.1, 0.15) is 13.2 Å². The number of hydrogen-bond acceptors (Lipinski definition) is 6. The highest BCUT2D eigenvalue weighted by Crippen LogP contribution is 2.18. The van der Waals surface area contributed by atoms with E-state index in [1.54, 1.807) is 0 Å². The van der Waals surface area contributed by atoms with Gasteiger partial charge in [0.2, 0.25) is 0 Å². The minimum absolute atomic E-state index is 0.0961. The number of carbonyl (C=O) groups excluding carboxylic acids is 3. The van der Waals surface area contributed by atoms with E-state index in [1.165, 1.54) is 231 Å². The van der Waals surface area contributed by atoms with Gasteiger partial charge in [-0.1, -0.05) is 325 Å². The molecule has 0 aliphatic heterocycles. The molecule has 78 heavy (non-hydrogen) atoms. The van der Waals surface area contributed by atoms with Crippen molar-refractivity contribution in [2.45, 2.75) is 354 Å². The van der Waals surface area contributed by atoms with Crippen molar-refractivity contribution in [3.63, 3.8) is 0 Å². The lowest BCUT2D eigenvalue weighted by Crippen LogP contribution is -2.30. The van der Waals surface area contributed by atoms with Crippen LogP contribution in [0.15, 0.2) is 72.9 Å². The largest absolute Gasteiger partial charge is 0.462 e. The molecule has 0 aromatic heterocycles. The van der Waals surface area contributed by atoms with Crippen LogP contribution in [0, 0.1) is 0 Å². The minimum atomic E-state index is -0.807. The van der Waals surface area contributed by atoms with Crippen LogP contribution >= 0.6 is 0 Å². The summed E-state index contributed by atoms with van der Waals surface area (Å²) in [5.41, 5.74) is 0. The molecule has 0 radical (unpaired) electrons. The third kappa shape index (κ3) is 63.7. The third-order valence-corrected chi connectivity index (χ3v) is 15.0. The van der Waals surface area contributed by atoms with Gasteiger partial charge in [0.25, 0.3) is 0 Å². The van der Waals surface area contributed by atoms with Crippen molar-refractivity contribution in [2.75, 3.05) is 13.2 Å². The second-order valence-corrected chi connectivity index (χ2v) is 22.7. The zero-order valence-corrected chi connectivity index (χ0v) is 51.9. The lowest BCUT2D eigenvalue weighted by atomic mass is 10.0. The van der Waals surface area contributed by atoms with Crippen molar-refractivity contribution in [3.05, 3.63) is 72.9 Å². The Bertz CT molecular complexity index is 1440. The van der Waals surface area contributed by atoms with Crippen LogP contribution in [0.4, 0.5) is 0 Å². The van der Waals surface area contributed by atoms with Gasteiger partial charge in [-0.2, -0.15) is 0 Å². The van der Waals surface area contributed by atoms with Crippen LogP contribution in [0.3, 0.4) is 0 Å². The molecule has 0 spiro atoms. The van der Waals surface area contributed by atoms with Gasteiger partial charge in [0.15, 0.2) is 6.10 Å². The first-order valence-corrected chi connectivity index (χ1v) is 33.9. The highest BCUT2D eigenvalue weighted by Gasteiger charge is 2.19. The molecule has 1 unspecified atom stereocenters. The normalized spacial score (nSPS) is 12.5. The molecule has 0 aromatic rings. The van der Waals surface area contributed by atoms with Gasteiger partial charge in [0, 0.05) is 19.3 Å². The van der Waals surface area contributed by atoms with Crippen molar-refractivity contribution in [1.82, 2.24) is 0 Å². The van der Waals surface area contributed by atoms with Crippen molar-refractivity contribution < 1.29 is 28.6 Å². The van der Waals surface area contributed by atoms with E-state index in [-0.39, 0.29) is 37.5 Å². The molecule has 1 atom stereocenters. The summed E-state index contributed by atoms with van der Waals surface area (Å²) in [5, 5.41) is 0. The number of esters is 3. The molecular formula is C72H128O6. The predicted molar refractivity (Wildman–Crippen MR) is 339 cm³/mol. The van der Waals surface area contributed by atoms with Crippen LogP contribution in [0.2, 0.25) is 0 Å². The Kier molecular flexibility index (Phi) is 63.7. The van der Waals surface area contributed by atoms with Crippen LogP contribution in [0.1, 0.15) is 348 Å². The Labute approximate surface area is 484 Å². The Morgan fingerprint density at radius 2 is 0.526 bits per heavy atom. The number of ether oxygens (including phenoxy) is 3. The molecule has 0 fully saturated rings. The summed E-state index contributed by atoms with van der Waals surface area (Å²) in [6.07, 6.45) is 86.6. The first-order valence-electron chi connectivity index (χ1n) is 33.9. The van der Waals surface area contributed by atoms with E-state index < -0.39 is 6.10 Å². The van der Waals surface area contributed by atoms with Crippen LogP contribution in [0.5, 0.6) is 0 Å². The topological polar surface area (TPSA) is 78.9 Å². The summed E-state index contributed by atoms with van der Waals surface area (Å²) in [6, 6.07) is 0. The molecule has 6 nitrogen and oxygen atoms in total. The van der Waals surface area contributed by atoms with Crippen LogP contribution < -0.4 is 0 Å². The van der Waals surface area contributed by atoms with Crippen LogP contribution in [-0.4, -0.2) is 37.2 Å².